The Kier molecular flexibility index (Phi) is 6.15. The molecule has 31 heavy (non-hydrogen) atoms. The topological polar surface area (TPSA) is 79.7 Å². The van der Waals surface area contributed by atoms with E-state index in [2.05, 4.69) is 21.4 Å². The first kappa shape index (κ1) is 21.2. The fourth-order valence-electron chi connectivity index (χ4n) is 4.87. The fourth-order valence-corrected chi connectivity index (χ4v) is 4.87. The second-order valence-corrected chi connectivity index (χ2v) is 8.51. The molecule has 0 spiro atoms. The highest BCUT2D eigenvalue weighted by Gasteiger charge is 2.40. The van der Waals surface area contributed by atoms with Crippen molar-refractivity contribution >= 4 is 17.5 Å². The van der Waals surface area contributed by atoms with Gasteiger partial charge in [0.25, 0.3) is 0 Å². The Labute approximate surface area is 183 Å². The molecule has 0 radical (unpaired) electrons. The number of carbonyl (C=O) groups excluding carboxylic acids is 2. The molecule has 2 saturated heterocycles. The highest BCUT2D eigenvalue weighted by atomic mass is 16.5. The molecule has 2 aliphatic heterocycles. The molecule has 3 atom stereocenters. The van der Waals surface area contributed by atoms with E-state index in [-0.39, 0.29) is 29.8 Å². The Morgan fingerprint density at radius 2 is 2.03 bits per heavy atom. The van der Waals surface area contributed by atoms with Gasteiger partial charge in [0.05, 0.1) is 31.0 Å². The average molecular weight is 426 g/mol. The molecule has 2 aliphatic rings. The van der Waals surface area contributed by atoms with Gasteiger partial charge < -0.3 is 19.9 Å². The van der Waals surface area contributed by atoms with Crippen molar-refractivity contribution in [2.45, 2.75) is 37.8 Å². The zero-order valence-corrected chi connectivity index (χ0v) is 18.5. The molecule has 166 valence electrons. The van der Waals surface area contributed by atoms with Crippen LogP contribution in [0.1, 0.15) is 37.3 Å². The van der Waals surface area contributed by atoms with Crippen LogP contribution in [0.2, 0.25) is 0 Å². The lowest BCUT2D eigenvalue weighted by atomic mass is 9.84. The third-order valence-electron chi connectivity index (χ3n) is 6.46. The largest absolute Gasteiger partial charge is 0.495 e. The van der Waals surface area contributed by atoms with Crippen LogP contribution in [-0.4, -0.2) is 59.8 Å². The Hall–Kier alpha value is -3.03. The normalized spacial score (nSPS) is 24.2. The zero-order valence-electron chi connectivity index (χ0n) is 18.5. The van der Waals surface area contributed by atoms with E-state index in [9.17, 15) is 9.59 Å². The maximum atomic E-state index is 13.4. The number of hydrogen-bond donors (Lipinski definition) is 1. The van der Waals surface area contributed by atoms with E-state index in [0.717, 1.165) is 42.9 Å². The summed E-state index contributed by atoms with van der Waals surface area (Å²) in [6, 6.07) is 7.76. The molecule has 2 fully saturated rings. The summed E-state index contributed by atoms with van der Waals surface area (Å²) in [4.78, 5) is 29.7. The summed E-state index contributed by atoms with van der Waals surface area (Å²) >= 11 is 0. The molecule has 1 aromatic heterocycles. The van der Waals surface area contributed by atoms with Gasteiger partial charge in [-0.2, -0.15) is 5.10 Å². The number of carbonyl (C=O) groups is 2. The van der Waals surface area contributed by atoms with Gasteiger partial charge in [-0.15, -0.1) is 0 Å². The number of piperidine rings is 2. The summed E-state index contributed by atoms with van der Waals surface area (Å²) in [7, 11) is 5.31. The number of hydrogen-bond acceptors (Lipinski definition) is 5. The number of rotatable bonds is 5. The number of methoxy groups -OCH3 is 1. The van der Waals surface area contributed by atoms with Gasteiger partial charge in [0, 0.05) is 51.4 Å². The van der Waals surface area contributed by atoms with E-state index in [1.165, 1.54) is 0 Å². The molecule has 8 nitrogen and oxygen atoms in total. The highest BCUT2D eigenvalue weighted by Crippen LogP contribution is 2.36. The molecular formula is C23H31N5O3. The van der Waals surface area contributed by atoms with Gasteiger partial charge in [-0.05, 0) is 31.4 Å². The van der Waals surface area contributed by atoms with Gasteiger partial charge in [0.1, 0.15) is 5.75 Å². The monoisotopic (exact) mass is 425 g/mol. The molecular weight excluding hydrogens is 394 g/mol. The average Bonchev–Trinajstić information content (AvgIpc) is 3.21. The van der Waals surface area contributed by atoms with Gasteiger partial charge in [-0.1, -0.05) is 12.1 Å². The second-order valence-electron chi connectivity index (χ2n) is 8.51. The molecule has 0 bridgehead atoms. The lowest BCUT2D eigenvalue weighted by molar-refractivity contribution is -0.141. The predicted molar refractivity (Wildman–Crippen MR) is 118 cm³/mol. The molecule has 4 rings (SSSR count). The molecule has 3 heterocycles. The first-order valence-electron chi connectivity index (χ1n) is 10.9. The minimum atomic E-state index is -0.288. The number of amides is 2. The van der Waals surface area contributed by atoms with Crippen LogP contribution in [0.4, 0.5) is 5.69 Å². The third-order valence-corrected chi connectivity index (χ3v) is 6.46. The summed E-state index contributed by atoms with van der Waals surface area (Å²) < 4.78 is 7.23. The summed E-state index contributed by atoms with van der Waals surface area (Å²) in [5, 5.41) is 7.53. The minimum Gasteiger partial charge on any atom is -0.495 e. The van der Waals surface area contributed by atoms with Crippen molar-refractivity contribution in [2.75, 3.05) is 32.1 Å². The molecule has 0 saturated carbocycles. The van der Waals surface area contributed by atoms with E-state index in [0.29, 0.717) is 12.8 Å². The standard InChI is InChI=1S/C23H31N5O3/c1-26-14-16(13-24-26)22-18(10-11-21(29)27(22)2)23(30)25-17-7-6-12-28(15-17)19-8-4-5-9-20(19)31-3/h4-5,8-9,13-14,17-18,22H,6-7,10-12,15H2,1-3H3,(H,25,30). The number of aromatic nitrogens is 2. The van der Waals surface area contributed by atoms with Gasteiger partial charge in [0.2, 0.25) is 11.8 Å². The van der Waals surface area contributed by atoms with Gasteiger partial charge in [-0.3, -0.25) is 14.3 Å². The lowest BCUT2D eigenvalue weighted by Gasteiger charge is -2.40. The maximum absolute atomic E-state index is 13.4. The van der Waals surface area contributed by atoms with Crippen molar-refractivity contribution < 1.29 is 14.3 Å². The number of aryl methyl sites for hydroxylation is 1. The summed E-state index contributed by atoms with van der Waals surface area (Å²) in [6.07, 6.45) is 6.53. The third kappa shape index (κ3) is 4.38. The van der Waals surface area contributed by atoms with Crippen LogP contribution in [-0.2, 0) is 16.6 Å². The number of benzene rings is 1. The lowest BCUT2D eigenvalue weighted by Crippen LogP contribution is -2.52. The molecule has 8 heteroatoms. The van der Waals surface area contributed by atoms with Crippen LogP contribution in [0.3, 0.4) is 0 Å². The van der Waals surface area contributed by atoms with Crippen LogP contribution in [0.15, 0.2) is 36.7 Å². The van der Waals surface area contributed by atoms with Crippen molar-refractivity contribution in [1.29, 1.82) is 0 Å². The van der Waals surface area contributed by atoms with Crippen LogP contribution in [0, 0.1) is 5.92 Å². The van der Waals surface area contributed by atoms with Crippen molar-refractivity contribution in [3.8, 4) is 5.75 Å². The Bertz CT molecular complexity index is 943. The van der Waals surface area contributed by atoms with Gasteiger partial charge in [0.15, 0.2) is 0 Å². The highest BCUT2D eigenvalue weighted by molar-refractivity contribution is 5.85. The van der Waals surface area contributed by atoms with Crippen LogP contribution in [0.5, 0.6) is 5.75 Å². The number of anilines is 1. The number of para-hydroxylation sites is 2. The number of nitrogens with zero attached hydrogens (tertiary/aromatic N) is 4. The predicted octanol–water partition coefficient (Wildman–Crippen LogP) is 2.12. The Morgan fingerprint density at radius 1 is 1.23 bits per heavy atom. The molecule has 2 amide bonds. The summed E-state index contributed by atoms with van der Waals surface area (Å²) in [5.41, 5.74) is 1.96. The molecule has 2 aromatic rings. The van der Waals surface area contributed by atoms with E-state index in [1.54, 1.807) is 29.9 Å². The number of ether oxygens (including phenoxy) is 1. The Morgan fingerprint density at radius 3 is 2.77 bits per heavy atom. The minimum absolute atomic E-state index is 0.0140. The van der Waals surface area contributed by atoms with Gasteiger partial charge in [-0.25, -0.2) is 0 Å². The zero-order chi connectivity index (χ0) is 22.0. The van der Waals surface area contributed by atoms with Crippen molar-refractivity contribution in [3.05, 3.63) is 42.2 Å². The quantitative estimate of drug-likeness (QED) is 0.794. The molecule has 1 N–H and O–H groups in total. The van der Waals surface area contributed by atoms with Crippen molar-refractivity contribution in [1.82, 2.24) is 20.0 Å². The first-order chi connectivity index (χ1) is 15.0. The van der Waals surface area contributed by atoms with Crippen LogP contribution < -0.4 is 15.0 Å². The fraction of sp³-hybridized carbons (Fsp3) is 0.522. The number of nitrogens with one attached hydrogen (secondary N) is 1. The summed E-state index contributed by atoms with van der Waals surface area (Å²) in [5.74, 6) is 0.644. The smallest absolute Gasteiger partial charge is 0.225 e. The first-order valence-corrected chi connectivity index (χ1v) is 10.9. The van der Waals surface area contributed by atoms with E-state index in [4.69, 9.17) is 4.74 Å². The molecule has 0 aliphatic carbocycles. The van der Waals surface area contributed by atoms with E-state index >= 15 is 0 Å². The number of likely N-dealkylation sites (tertiary alicyclic amines) is 1. The van der Waals surface area contributed by atoms with Gasteiger partial charge >= 0.3 is 0 Å². The van der Waals surface area contributed by atoms with Crippen LogP contribution in [0.25, 0.3) is 0 Å². The summed E-state index contributed by atoms with van der Waals surface area (Å²) in [6.45, 7) is 1.68. The Balaban J connectivity index is 1.48. The van der Waals surface area contributed by atoms with Crippen molar-refractivity contribution in [3.63, 3.8) is 0 Å². The second kappa shape index (κ2) is 8.99. The molecule has 3 unspecified atom stereocenters. The van der Waals surface area contributed by atoms with Crippen molar-refractivity contribution in [2.24, 2.45) is 13.0 Å². The van der Waals surface area contributed by atoms with E-state index in [1.807, 2.05) is 31.4 Å². The SMILES string of the molecule is COc1ccccc1N1CCCC(NC(=O)C2CCC(=O)N(C)C2c2cnn(C)c2)C1. The van der Waals surface area contributed by atoms with E-state index < -0.39 is 0 Å². The maximum Gasteiger partial charge on any atom is 0.225 e. The molecule has 1 aromatic carbocycles. The van der Waals surface area contributed by atoms with Crippen LogP contribution >= 0.6 is 0 Å².